The molecule has 0 spiro atoms. The second-order valence-electron chi connectivity index (χ2n) is 9.05. The lowest BCUT2D eigenvalue weighted by atomic mass is 10.0. The Labute approximate surface area is 209 Å². The summed E-state index contributed by atoms with van der Waals surface area (Å²) >= 11 is 1.76. The summed E-state index contributed by atoms with van der Waals surface area (Å²) in [5.41, 5.74) is 0.934. The second-order valence-corrected chi connectivity index (χ2v) is 9.83. The van der Waals surface area contributed by atoms with Crippen LogP contribution in [0.2, 0.25) is 0 Å². The Morgan fingerprint density at radius 2 is 2.06 bits per heavy atom. The van der Waals surface area contributed by atoms with Crippen molar-refractivity contribution in [2.75, 3.05) is 33.7 Å². The van der Waals surface area contributed by atoms with Crippen LogP contribution in [-0.2, 0) is 11.3 Å². The van der Waals surface area contributed by atoms with Crippen LogP contribution in [-0.4, -0.2) is 73.3 Å². The van der Waals surface area contributed by atoms with Gasteiger partial charge in [0.05, 0.1) is 0 Å². The summed E-state index contributed by atoms with van der Waals surface area (Å²) in [4.78, 5) is 20.7. The van der Waals surface area contributed by atoms with Crippen LogP contribution < -0.4 is 10.6 Å². The predicted molar refractivity (Wildman–Crippen MR) is 141 cm³/mol. The molecule has 31 heavy (non-hydrogen) atoms. The molecule has 1 saturated heterocycles. The van der Waals surface area contributed by atoms with E-state index in [-0.39, 0.29) is 36.1 Å². The average Bonchev–Trinajstić information content (AvgIpc) is 3.19. The van der Waals surface area contributed by atoms with Gasteiger partial charge in [0.1, 0.15) is 5.60 Å². The zero-order valence-corrected chi connectivity index (χ0v) is 23.0. The number of rotatable bonds is 7. The maximum Gasteiger partial charge on any atom is 0.410 e. The Morgan fingerprint density at radius 3 is 2.61 bits per heavy atom. The van der Waals surface area contributed by atoms with Gasteiger partial charge in [-0.25, -0.2) is 4.79 Å². The molecule has 1 unspecified atom stereocenters. The molecular weight excluding hydrogens is 525 g/mol. The minimum atomic E-state index is -0.478. The first-order valence-corrected chi connectivity index (χ1v) is 11.8. The van der Waals surface area contributed by atoms with Crippen LogP contribution in [0.3, 0.4) is 0 Å². The van der Waals surface area contributed by atoms with Crippen molar-refractivity contribution >= 4 is 47.4 Å². The van der Waals surface area contributed by atoms with Crippen LogP contribution in [0.4, 0.5) is 4.79 Å². The number of likely N-dealkylation sites (tertiary alicyclic amines) is 1. The molecule has 0 aliphatic carbocycles. The van der Waals surface area contributed by atoms with Crippen molar-refractivity contribution in [1.82, 2.24) is 20.4 Å². The number of nitrogens with one attached hydrogen (secondary N) is 2. The van der Waals surface area contributed by atoms with E-state index in [0.717, 1.165) is 51.4 Å². The topological polar surface area (TPSA) is 69.2 Å². The summed E-state index contributed by atoms with van der Waals surface area (Å²) in [6.07, 6.45) is 2.76. The van der Waals surface area contributed by atoms with Crippen molar-refractivity contribution in [3.8, 4) is 0 Å². The molecule has 1 aromatic rings. The molecule has 0 radical (unpaired) electrons. The molecule has 0 bridgehead atoms. The van der Waals surface area contributed by atoms with E-state index in [1.54, 1.807) is 30.3 Å². The minimum Gasteiger partial charge on any atom is -0.444 e. The molecule has 1 aromatic heterocycles. The number of hydrogen-bond donors (Lipinski definition) is 2. The number of nitrogens with zero attached hydrogens (tertiary/aromatic N) is 3. The number of hydrogen-bond acceptors (Lipinski definition) is 5. The number of halogens is 1. The van der Waals surface area contributed by atoms with E-state index < -0.39 is 5.60 Å². The van der Waals surface area contributed by atoms with Gasteiger partial charge in [0.2, 0.25) is 0 Å². The third-order valence-corrected chi connectivity index (χ3v) is 6.07. The summed E-state index contributed by atoms with van der Waals surface area (Å²) in [6.45, 7) is 11.7. The number of carbonyl (C=O) groups excluding carboxylic acids is 1. The Bertz CT molecular complexity index is 670. The monoisotopic (exact) mass is 565 g/mol. The number of guanidine groups is 1. The number of amides is 1. The molecule has 1 amide bonds. The number of aliphatic imine (C=N–C) groups is 1. The van der Waals surface area contributed by atoms with Gasteiger partial charge in [0, 0.05) is 52.4 Å². The van der Waals surface area contributed by atoms with Gasteiger partial charge in [0.15, 0.2) is 5.96 Å². The first-order chi connectivity index (χ1) is 14.2. The lowest BCUT2D eigenvalue weighted by Crippen LogP contribution is -2.49. The predicted octanol–water partition coefficient (Wildman–Crippen LogP) is 4.14. The third-order valence-electron chi connectivity index (χ3n) is 5.34. The van der Waals surface area contributed by atoms with E-state index in [4.69, 9.17) is 4.74 Å². The van der Waals surface area contributed by atoms with E-state index in [2.05, 4.69) is 37.4 Å². The third kappa shape index (κ3) is 10.4. The highest BCUT2D eigenvalue weighted by Crippen LogP contribution is 2.15. The Morgan fingerprint density at radius 1 is 1.39 bits per heavy atom. The SMILES string of the molecule is CN=C(NCCC(C)N(C)C(=O)OC(C)(C)C)NC1CCN(Cc2ccsc2)CC1.I. The van der Waals surface area contributed by atoms with Crippen LogP contribution in [0, 0.1) is 0 Å². The van der Waals surface area contributed by atoms with Crippen molar-refractivity contribution in [3.63, 3.8) is 0 Å². The molecule has 9 heteroatoms. The fourth-order valence-electron chi connectivity index (χ4n) is 3.37. The van der Waals surface area contributed by atoms with Crippen molar-refractivity contribution in [2.24, 2.45) is 4.99 Å². The lowest BCUT2D eigenvalue weighted by molar-refractivity contribution is 0.0230. The zero-order chi connectivity index (χ0) is 22.1. The van der Waals surface area contributed by atoms with E-state index >= 15 is 0 Å². The molecule has 2 heterocycles. The highest BCUT2D eigenvalue weighted by Gasteiger charge is 2.23. The minimum absolute atomic E-state index is 0. The molecule has 1 aliphatic rings. The summed E-state index contributed by atoms with van der Waals surface area (Å²) in [5.74, 6) is 0.832. The maximum atomic E-state index is 12.2. The Kier molecular flexibility index (Phi) is 12.2. The van der Waals surface area contributed by atoms with E-state index in [0.29, 0.717) is 6.04 Å². The first kappa shape index (κ1) is 28.0. The van der Waals surface area contributed by atoms with Crippen molar-refractivity contribution < 1.29 is 9.53 Å². The summed E-state index contributed by atoms with van der Waals surface area (Å²) in [7, 11) is 3.59. The fraction of sp³-hybridized carbons (Fsp3) is 0.727. The molecule has 0 aromatic carbocycles. The molecule has 1 fully saturated rings. The molecule has 1 aliphatic heterocycles. The average molecular weight is 566 g/mol. The number of piperidine rings is 1. The van der Waals surface area contributed by atoms with Crippen LogP contribution in [0.15, 0.2) is 21.8 Å². The van der Waals surface area contributed by atoms with Crippen LogP contribution in [0.1, 0.15) is 52.5 Å². The van der Waals surface area contributed by atoms with Crippen LogP contribution in [0.25, 0.3) is 0 Å². The number of carbonyl (C=O) groups is 1. The normalized spacial score (nSPS) is 16.9. The molecule has 1 atom stereocenters. The second kappa shape index (κ2) is 13.5. The highest BCUT2D eigenvalue weighted by atomic mass is 127. The number of ether oxygens (including phenoxy) is 1. The van der Waals surface area contributed by atoms with Gasteiger partial charge in [0.25, 0.3) is 0 Å². The van der Waals surface area contributed by atoms with Gasteiger partial charge in [-0.15, -0.1) is 24.0 Å². The zero-order valence-electron chi connectivity index (χ0n) is 19.8. The first-order valence-electron chi connectivity index (χ1n) is 10.8. The molecule has 2 N–H and O–H groups in total. The van der Waals surface area contributed by atoms with Crippen molar-refractivity contribution in [3.05, 3.63) is 22.4 Å². The van der Waals surface area contributed by atoms with Gasteiger partial charge < -0.3 is 20.3 Å². The van der Waals surface area contributed by atoms with Gasteiger partial charge in [-0.1, -0.05) is 0 Å². The van der Waals surface area contributed by atoms with Crippen molar-refractivity contribution in [2.45, 2.75) is 71.2 Å². The smallest absolute Gasteiger partial charge is 0.410 e. The lowest BCUT2D eigenvalue weighted by Gasteiger charge is -2.33. The molecule has 7 nitrogen and oxygen atoms in total. The van der Waals surface area contributed by atoms with Gasteiger partial charge >= 0.3 is 6.09 Å². The molecular formula is C22H40IN5O2S. The Balaban J connectivity index is 0.00000480. The van der Waals surface area contributed by atoms with Gasteiger partial charge in [-0.05, 0) is 69.3 Å². The molecule has 2 rings (SSSR count). The number of thiophene rings is 1. The summed E-state index contributed by atoms with van der Waals surface area (Å²) in [6, 6.07) is 2.73. The van der Waals surface area contributed by atoms with Crippen LogP contribution in [0.5, 0.6) is 0 Å². The summed E-state index contributed by atoms with van der Waals surface area (Å²) < 4.78 is 5.44. The van der Waals surface area contributed by atoms with Crippen molar-refractivity contribution in [1.29, 1.82) is 0 Å². The van der Waals surface area contributed by atoms with Gasteiger partial charge in [-0.3, -0.25) is 9.89 Å². The van der Waals surface area contributed by atoms with Gasteiger partial charge in [-0.2, -0.15) is 11.3 Å². The van der Waals surface area contributed by atoms with E-state index in [1.165, 1.54) is 5.56 Å². The van der Waals surface area contributed by atoms with E-state index in [1.807, 2.05) is 27.7 Å². The highest BCUT2D eigenvalue weighted by molar-refractivity contribution is 14.0. The quantitative estimate of drug-likeness (QED) is 0.296. The summed E-state index contributed by atoms with van der Waals surface area (Å²) in [5, 5.41) is 11.3. The molecule has 0 saturated carbocycles. The largest absolute Gasteiger partial charge is 0.444 e. The fourth-order valence-corrected chi connectivity index (χ4v) is 4.03. The standard InChI is InChI=1S/C22H39N5O2S.HI/c1-17(26(6)21(28)29-22(2,3)4)7-11-24-20(23-5)25-19-8-12-27(13-9-19)15-18-10-14-30-16-18;/h10,14,16-17,19H,7-9,11-13,15H2,1-6H3,(H2,23,24,25);1H. The van der Waals surface area contributed by atoms with Crippen LogP contribution >= 0.6 is 35.3 Å². The maximum absolute atomic E-state index is 12.2. The van der Waals surface area contributed by atoms with E-state index in [9.17, 15) is 4.79 Å². The Hall–Kier alpha value is -1.07. The molecule has 178 valence electrons.